The van der Waals surface area contributed by atoms with E-state index in [2.05, 4.69) is 15.6 Å². The van der Waals surface area contributed by atoms with Gasteiger partial charge in [-0.25, -0.2) is 4.98 Å². The van der Waals surface area contributed by atoms with Crippen LogP contribution >= 0.6 is 34.5 Å². The molecule has 174 valence electrons. The molecule has 3 amide bonds. The number of aromatic nitrogens is 1. The van der Waals surface area contributed by atoms with Gasteiger partial charge in [0.15, 0.2) is 5.13 Å². The highest BCUT2D eigenvalue weighted by atomic mass is 35.5. The third-order valence-corrected chi connectivity index (χ3v) is 5.67. The molecule has 2 rings (SSSR count). The van der Waals surface area contributed by atoms with E-state index >= 15 is 0 Å². The van der Waals surface area contributed by atoms with Crippen molar-refractivity contribution < 1.29 is 23.9 Å². The highest BCUT2D eigenvalue weighted by molar-refractivity contribution is 7.13. The van der Waals surface area contributed by atoms with Gasteiger partial charge in [-0.1, -0.05) is 23.2 Å². The number of ether oxygens (including phenoxy) is 2. The maximum absolute atomic E-state index is 12.9. The lowest BCUT2D eigenvalue weighted by Crippen LogP contribution is -2.40. The summed E-state index contributed by atoms with van der Waals surface area (Å²) in [6.07, 6.45) is 0.0891. The fourth-order valence-corrected chi connectivity index (χ4v) is 3.59. The van der Waals surface area contributed by atoms with Gasteiger partial charge in [0.05, 0.1) is 35.4 Å². The Kier molecular flexibility index (Phi) is 10.8. The van der Waals surface area contributed by atoms with Crippen LogP contribution in [0.25, 0.3) is 0 Å². The standard InChI is InChI=1S/C20H24Cl2N4O5S/c1-30-7-5-23-17(27)10-14-12-32-20(24-14)25-18(28)11-26(6-8-31-2)19(29)13-3-4-15(21)16(22)9-13/h3-4,9,12H,5-8,10-11H2,1-2H3,(H,23,27)(H,24,25,28). The molecule has 0 saturated carbocycles. The van der Waals surface area contributed by atoms with E-state index in [1.165, 1.54) is 35.5 Å². The lowest BCUT2D eigenvalue weighted by atomic mass is 10.2. The Balaban J connectivity index is 1.97. The number of halogens is 2. The second kappa shape index (κ2) is 13.3. The molecule has 0 unspecified atom stereocenters. The second-order valence-electron chi connectivity index (χ2n) is 6.56. The molecule has 0 fully saturated rings. The first kappa shape index (κ1) is 26.0. The van der Waals surface area contributed by atoms with Crippen molar-refractivity contribution in [3.05, 3.63) is 44.9 Å². The Hall–Kier alpha value is -2.24. The Labute approximate surface area is 200 Å². The van der Waals surface area contributed by atoms with Crippen LogP contribution in [-0.4, -0.2) is 74.7 Å². The zero-order chi connectivity index (χ0) is 23.5. The molecule has 0 aliphatic heterocycles. The van der Waals surface area contributed by atoms with Gasteiger partial charge in [0.2, 0.25) is 11.8 Å². The van der Waals surface area contributed by atoms with Crippen molar-refractivity contribution in [1.29, 1.82) is 0 Å². The van der Waals surface area contributed by atoms with Crippen LogP contribution < -0.4 is 10.6 Å². The number of carbonyl (C=O) groups excluding carboxylic acids is 3. The quantitative estimate of drug-likeness (QED) is 0.431. The summed E-state index contributed by atoms with van der Waals surface area (Å²) in [4.78, 5) is 42.8. The number of nitrogens with one attached hydrogen (secondary N) is 2. The molecule has 2 aromatic rings. The lowest BCUT2D eigenvalue weighted by Gasteiger charge is -2.22. The average Bonchev–Trinajstić information content (AvgIpc) is 3.19. The number of benzene rings is 1. The van der Waals surface area contributed by atoms with Crippen LogP contribution in [0.2, 0.25) is 10.0 Å². The Morgan fingerprint density at radius 2 is 1.84 bits per heavy atom. The number of amides is 3. The first-order valence-electron chi connectivity index (χ1n) is 9.57. The number of anilines is 1. The topological polar surface area (TPSA) is 110 Å². The maximum atomic E-state index is 12.9. The SMILES string of the molecule is COCCNC(=O)Cc1csc(NC(=O)CN(CCOC)C(=O)c2ccc(Cl)c(Cl)c2)n1. The summed E-state index contributed by atoms with van der Waals surface area (Å²) < 4.78 is 9.93. The summed E-state index contributed by atoms with van der Waals surface area (Å²) in [6, 6.07) is 4.52. The van der Waals surface area contributed by atoms with E-state index in [9.17, 15) is 14.4 Å². The van der Waals surface area contributed by atoms with E-state index < -0.39 is 5.91 Å². The summed E-state index contributed by atoms with van der Waals surface area (Å²) in [6.45, 7) is 1.07. The van der Waals surface area contributed by atoms with Gasteiger partial charge in [-0.2, -0.15) is 0 Å². The molecule has 1 aromatic carbocycles. The monoisotopic (exact) mass is 502 g/mol. The lowest BCUT2D eigenvalue weighted by molar-refractivity contribution is -0.120. The molecule has 1 heterocycles. The number of methoxy groups -OCH3 is 2. The van der Waals surface area contributed by atoms with E-state index in [1.54, 1.807) is 18.6 Å². The minimum Gasteiger partial charge on any atom is -0.383 e. The number of carbonyl (C=O) groups is 3. The molecule has 1 aromatic heterocycles. The van der Waals surface area contributed by atoms with E-state index in [0.717, 1.165) is 0 Å². The Morgan fingerprint density at radius 1 is 1.09 bits per heavy atom. The molecule has 0 radical (unpaired) electrons. The second-order valence-corrected chi connectivity index (χ2v) is 8.23. The molecule has 0 spiro atoms. The van der Waals surface area contributed by atoms with Gasteiger partial charge in [0.25, 0.3) is 5.91 Å². The van der Waals surface area contributed by atoms with Gasteiger partial charge >= 0.3 is 0 Å². The summed E-state index contributed by atoms with van der Waals surface area (Å²) in [5.41, 5.74) is 0.836. The molecular weight excluding hydrogens is 479 g/mol. The van der Waals surface area contributed by atoms with E-state index in [4.69, 9.17) is 32.7 Å². The molecule has 2 N–H and O–H groups in total. The molecule has 0 saturated heterocycles. The molecule has 0 aliphatic rings. The van der Waals surface area contributed by atoms with E-state index in [0.29, 0.717) is 34.6 Å². The molecule has 12 heteroatoms. The molecule has 32 heavy (non-hydrogen) atoms. The molecule has 0 aliphatic carbocycles. The predicted molar refractivity (Wildman–Crippen MR) is 124 cm³/mol. The summed E-state index contributed by atoms with van der Waals surface area (Å²) >= 11 is 13.1. The average molecular weight is 503 g/mol. The van der Waals surface area contributed by atoms with Crippen molar-refractivity contribution in [2.75, 3.05) is 52.4 Å². The fraction of sp³-hybridized carbons (Fsp3) is 0.400. The van der Waals surface area contributed by atoms with Crippen LogP contribution in [-0.2, 0) is 25.5 Å². The van der Waals surface area contributed by atoms with Crippen molar-refractivity contribution in [3.8, 4) is 0 Å². The van der Waals surface area contributed by atoms with E-state index in [-0.39, 0.29) is 43.0 Å². The normalized spacial score (nSPS) is 10.6. The summed E-state index contributed by atoms with van der Waals surface area (Å²) in [7, 11) is 3.06. The third kappa shape index (κ3) is 8.36. The van der Waals surface area contributed by atoms with Crippen molar-refractivity contribution >= 4 is 57.4 Å². The van der Waals surface area contributed by atoms with Crippen LogP contribution in [0.3, 0.4) is 0 Å². The largest absolute Gasteiger partial charge is 0.383 e. The minimum atomic E-state index is -0.431. The maximum Gasteiger partial charge on any atom is 0.254 e. The highest BCUT2D eigenvalue weighted by Gasteiger charge is 2.20. The number of hydrogen-bond acceptors (Lipinski definition) is 7. The molecule has 0 atom stereocenters. The Bertz CT molecular complexity index is 940. The van der Waals surface area contributed by atoms with Gasteiger partial charge in [-0.05, 0) is 18.2 Å². The summed E-state index contributed by atoms with van der Waals surface area (Å²) in [5, 5.41) is 7.96. The van der Waals surface area contributed by atoms with Gasteiger partial charge in [-0.15, -0.1) is 11.3 Å². The zero-order valence-electron chi connectivity index (χ0n) is 17.7. The minimum absolute atomic E-state index is 0.0891. The number of thiazole rings is 1. The first-order chi connectivity index (χ1) is 15.3. The van der Waals surface area contributed by atoms with Gasteiger partial charge in [0, 0.05) is 38.3 Å². The number of rotatable bonds is 12. The number of hydrogen-bond donors (Lipinski definition) is 2. The van der Waals surface area contributed by atoms with Crippen molar-refractivity contribution in [1.82, 2.24) is 15.2 Å². The zero-order valence-corrected chi connectivity index (χ0v) is 20.0. The van der Waals surface area contributed by atoms with Crippen LogP contribution in [0, 0.1) is 0 Å². The van der Waals surface area contributed by atoms with Crippen molar-refractivity contribution in [2.45, 2.75) is 6.42 Å². The van der Waals surface area contributed by atoms with Gasteiger partial charge in [0.1, 0.15) is 6.54 Å². The molecular formula is C20H24Cl2N4O5S. The van der Waals surface area contributed by atoms with Crippen LogP contribution in [0.15, 0.2) is 23.6 Å². The van der Waals surface area contributed by atoms with Gasteiger partial charge < -0.3 is 25.0 Å². The van der Waals surface area contributed by atoms with E-state index in [1.807, 2.05) is 0 Å². The smallest absolute Gasteiger partial charge is 0.254 e. The van der Waals surface area contributed by atoms with Crippen LogP contribution in [0.1, 0.15) is 16.1 Å². The van der Waals surface area contributed by atoms with Crippen molar-refractivity contribution in [2.24, 2.45) is 0 Å². The third-order valence-electron chi connectivity index (χ3n) is 4.12. The highest BCUT2D eigenvalue weighted by Crippen LogP contribution is 2.23. The Morgan fingerprint density at radius 3 is 2.53 bits per heavy atom. The van der Waals surface area contributed by atoms with Crippen LogP contribution in [0.4, 0.5) is 5.13 Å². The van der Waals surface area contributed by atoms with Crippen LogP contribution in [0.5, 0.6) is 0 Å². The fourth-order valence-electron chi connectivity index (χ4n) is 2.56. The predicted octanol–water partition coefficient (Wildman–Crippen LogP) is 2.48. The first-order valence-corrected chi connectivity index (χ1v) is 11.2. The van der Waals surface area contributed by atoms with Crippen molar-refractivity contribution in [3.63, 3.8) is 0 Å². The molecule has 9 nitrogen and oxygen atoms in total. The summed E-state index contributed by atoms with van der Waals surface area (Å²) in [5.74, 6) is -1.01. The molecule has 0 bridgehead atoms. The number of nitrogens with zero attached hydrogens (tertiary/aromatic N) is 2. The van der Waals surface area contributed by atoms with Gasteiger partial charge in [-0.3, -0.25) is 14.4 Å².